The van der Waals surface area contributed by atoms with Crippen LogP contribution in [0.2, 0.25) is 5.02 Å². The lowest BCUT2D eigenvalue weighted by molar-refractivity contribution is -0.132. The first-order valence-electron chi connectivity index (χ1n) is 7.86. The van der Waals surface area contributed by atoms with E-state index in [1.165, 1.54) is 0 Å². The molecule has 0 spiro atoms. The van der Waals surface area contributed by atoms with Crippen LogP contribution in [0.3, 0.4) is 0 Å². The minimum absolute atomic E-state index is 0. The summed E-state index contributed by atoms with van der Waals surface area (Å²) < 4.78 is 5.97. The van der Waals surface area contributed by atoms with Crippen molar-refractivity contribution in [1.29, 1.82) is 0 Å². The molecule has 2 heterocycles. The molecule has 4 nitrogen and oxygen atoms in total. The van der Waals surface area contributed by atoms with Crippen molar-refractivity contribution in [3.63, 3.8) is 0 Å². The third kappa shape index (κ3) is 3.46. The molecule has 0 unspecified atom stereocenters. The Morgan fingerprint density at radius 1 is 1.42 bits per heavy atom. The Kier molecular flexibility index (Phi) is 5.97. The van der Waals surface area contributed by atoms with Gasteiger partial charge in [-0.1, -0.05) is 24.9 Å². The number of nitrogens with zero attached hydrogens (tertiary/aromatic N) is 1. The summed E-state index contributed by atoms with van der Waals surface area (Å²) in [4.78, 5) is 13.6. The molecule has 0 saturated heterocycles. The maximum Gasteiger partial charge on any atom is 0.331 e. The summed E-state index contributed by atoms with van der Waals surface area (Å²) in [6.07, 6.45) is 3.85. The van der Waals surface area contributed by atoms with Gasteiger partial charge in [-0.05, 0) is 43.7 Å². The molecule has 2 aromatic rings. The van der Waals surface area contributed by atoms with Gasteiger partial charge in [0.1, 0.15) is 11.3 Å². The Balaban J connectivity index is 0.00000208. The van der Waals surface area contributed by atoms with Crippen molar-refractivity contribution in [3.05, 3.63) is 39.6 Å². The van der Waals surface area contributed by atoms with Crippen molar-refractivity contribution in [3.8, 4) is 0 Å². The van der Waals surface area contributed by atoms with Gasteiger partial charge >= 0.3 is 5.97 Å². The highest BCUT2D eigenvalue weighted by atomic mass is 35.5. The number of aliphatic carboxylic acids is 1. The van der Waals surface area contributed by atoms with Crippen LogP contribution in [0.1, 0.15) is 36.7 Å². The maximum atomic E-state index is 11.4. The van der Waals surface area contributed by atoms with Crippen LogP contribution in [0, 0.1) is 0 Å². The number of rotatable bonds is 4. The van der Waals surface area contributed by atoms with Gasteiger partial charge in [-0.2, -0.15) is 0 Å². The van der Waals surface area contributed by atoms with Crippen molar-refractivity contribution in [2.45, 2.75) is 32.7 Å². The molecule has 0 amide bonds. The molecule has 1 aromatic heterocycles. The van der Waals surface area contributed by atoms with Gasteiger partial charge in [0.2, 0.25) is 0 Å². The van der Waals surface area contributed by atoms with E-state index in [0.717, 1.165) is 53.0 Å². The third-order valence-corrected chi connectivity index (χ3v) is 4.66. The van der Waals surface area contributed by atoms with E-state index in [1.807, 2.05) is 19.1 Å². The Hall–Kier alpha value is -1.49. The largest absolute Gasteiger partial charge is 0.478 e. The predicted octanol–water partition coefficient (Wildman–Crippen LogP) is 4.76. The smallest absolute Gasteiger partial charge is 0.331 e. The third-order valence-electron chi connectivity index (χ3n) is 4.31. The normalized spacial score (nSPS) is 15.2. The Morgan fingerprint density at radius 2 is 2.17 bits per heavy atom. The number of likely N-dealkylation sites (N-methyl/N-ethyl adjacent to an activating group) is 1. The Labute approximate surface area is 152 Å². The fourth-order valence-corrected chi connectivity index (χ4v) is 3.41. The molecule has 6 heteroatoms. The zero-order valence-electron chi connectivity index (χ0n) is 13.8. The lowest BCUT2D eigenvalue weighted by Crippen LogP contribution is -2.18. The van der Waals surface area contributed by atoms with Crippen molar-refractivity contribution >= 4 is 47.0 Å². The molecule has 1 N–H and O–H groups in total. The predicted molar refractivity (Wildman–Crippen MR) is 99.0 cm³/mol. The van der Waals surface area contributed by atoms with E-state index >= 15 is 0 Å². The van der Waals surface area contributed by atoms with Gasteiger partial charge in [0, 0.05) is 34.6 Å². The first-order chi connectivity index (χ1) is 11.0. The van der Waals surface area contributed by atoms with Crippen molar-refractivity contribution < 1.29 is 14.3 Å². The molecule has 0 atom stereocenters. The van der Waals surface area contributed by atoms with Gasteiger partial charge in [-0.25, -0.2) is 4.79 Å². The van der Waals surface area contributed by atoms with E-state index in [4.69, 9.17) is 16.0 Å². The number of halogens is 2. The number of benzene rings is 1. The number of hydrogen-bond donors (Lipinski definition) is 1. The second-order valence-electron chi connectivity index (χ2n) is 6.06. The fourth-order valence-electron chi connectivity index (χ4n) is 3.16. The van der Waals surface area contributed by atoms with Gasteiger partial charge in [-0.3, -0.25) is 0 Å². The van der Waals surface area contributed by atoms with Gasteiger partial charge < -0.3 is 14.4 Å². The molecular formula is C18H21Cl2NO3. The van der Waals surface area contributed by atoms with Gasteiger partial charge in [-0.15, -0.1) is 12.4 Å². The zero-order chi connectivity index (χ0) is 16.6. The number of furan rings is 1. The van der Waals surface area contributed by atoms with Crippen LogP contribution in [0.15, 0.2) is 22.1 Å². The molecule has 3 rings (SSSR count). The first-order valence-corrected chi connectivity index (χ1v) is 8.24. The molecule has 1 aliphatic heterocycles. The van der Waals surface area contributed by atoms with E-state index in [1.54, 1.807) is 6.08 Å². The monoisotopic (exact) mass is 369 g/mol. The minimum atomic E-state index is -0.889. The summed E-state index contributed by atoms with van der Waals surface area (Å²) in [5.41, 5.74) is 3.29. The number of carboxylic acids is 1. The van der Waals surface area contributed by atoms with Crippen LogP contribution in [-0.4, -0.2) is 29.6 Å². The number of carbonyl (C=O) groups is 1. The molecule has 130 valence electrons. The standard InChI is InChI=1S/C18H20ClNO3.ClH/c1-3-4-11(18(21)22)9-16-13-10-20(2)8-7-12-14(19)5-6-15(23-16)17(12)13;/h5-6,9H,3-4,7-8,10H2,1-2H3,(H,21,22);1H/b11-9+;. The SMILES string of the molecule is CCC/C(=C\c1oc2ccc(Cl)c3c2c1CN(C)CC3)C(=O)O.Cl. The fraction of sp³-hybridized carbons (Fsp3) is 0.389. The average molecular weight is 370 g/mol. The van der Waals surface area contributed by atoms with Crippen LogP contribution in [-0.2, 0) is 17.8 Å². The van der Waals surface area contributed by atoms with Crippen LogP contribution in [0.5, 0.6) is 0 Å². The molecule has 24 heavy (non-hydrogen) atoms. The summed E-state index contributed by atoms with van der Waals surface area (Å²) >= 11 is 6.37. The molecule has 1 aliphatic rings. The van der Waals surface area contributed by atoms with Crippen LogP contribution in [0.25, 0.3) is 17.0 Å². The van der Waals surface area contributed by atoms with E-state index in [2.05, 4.69) is 11.9 Å². The van der Waals surface area contributed by atoms with Gasteiger partial charge in [0.15, 0.2) is 0 Å². The van der Waals surface area contributed by atoms with Gasteiger partial charge in [0.05, 0.1) is 0 Å². The van der Waals surface area contributed by atoms with E-state index in [0.29, 0.717) is 17.8 Å². The van der Waals surface area contributed by atoms with Crippen LogP contribution < -0.4 is 0 Å². The minimum Gasteiger partial charge on any atom is -0.478 e. The second kappa shape index (κ2) is 7.60. The number of carboxylic acid groups (broad SMARTS) is 1. The van der Waals surface area contributed by atoms with Crippen molar-refractivity contribution in [1.82, 2.24) is 4.90 Å². The van der Waals surface area contributed by atoms with Gasteiger partial charge in [0.25, 0.3) is 0 Å². The molecule has 1 aromatic carbocycles. The lowest BCUT2D eigenvalue weighted by atomic mass is 10.0. The highest BCUT2D eigenvalue weighted by Crippen LogP contribution is 2.37. The quantitative estimate of drug-likeness (QED) is 0.789. The Bertz CT molecular complexity index is 795. The maximum absolute atomic E-state index is 11.4. The number of hydrogen-bond acceptors (Lipinski definition) is 3. The molecule has 0 saturated carbocycles. The molecule has 0 bridgehead atoms. The molecule has 0 radical (unpaired) electrons. The van der Waals surface area contributed by atoms with E-state index < -0.39 is 5.97 Å². The lowest BCUT2D eigenvalue weighted by Gasteiger charge is -2.13. The van der Waals surface area contributed by atoms with E-state index in [9.17, 15) is 9.90 Å². The average Bonchev–Trinajstić information content (AvgIpc) is 2.72. The first kappa shape index (κ1) is 18.8. The summed E-state index contributed by atoms with van der Waals surface area (Å²) in [5, 5.41) is 11.2. The van der Waals surface area contributed by atoms with Crippen LogP contribution in [0.4, 0.5) is 0 Å². The molecule has 0 fully saturated rings. The van der Waals surface area contributed by atoms with Crippen molar-refractivity contribution in [2.75, 3.05) is 13.6 Å². The summed E-state index contributed by atoms with van der Waals surface area (Å²) in [7, 11) is 2.05. The highest BCUT2D eigenvalue weighted by Gasteiger charge is 2.23. The van der Waals surface area contributed by atoms with Crippen LogP contribution >= 0.6 is 24.0 Å². The summed E-state index contributed by atoms with van der Waals surface area (Å²) in [6.45, 7) is 3.61. The summed E-state index contributed by atoms with van der Waals surface area (Å²) in [5.74, 6) is -0.247. The Morgan fingerprint density at radius 3 is 2.83 bits per heavy atom. The zero-order valence-corrected chi connectivity index (χ0v) is 15.3. The van der Waals surface area contributed by atoms with E-state index in [-0.39, 0.29) is 12.4 Å². The molecular weight excluding hydrogens is 349 g/mol. The molecule has 0 aliphatic carbocycles. The van der Waals surface area contributed by atoms with Crippen molar-refractivity contribution in [2.24, 2.45) is 0 Å². The summed E-state index contributed by atoms with van der Waals surface area (Å²) in [6, 6.07) is 3.73. The second-order valence-corrected chi connectivity index (χ2v) is 6.46. The topological polar surface area (TPSA) is 53.7 Å². The highest BCUT2D eigenvalue weighted by molar-refractivity contribution is 6.32.